The van der Waals surface area contributed by atoms with E-state index in [-0.39, 0.29) is 16.1 Å². The van der Waals surface area contributed by atoms with Crippen molar-refractivity contribution >= 4 is 46.4 Å². The summed E-state index contributed by atoms with van der Waals surface area (Å²) in [5.41, 5.74) is 22.1. The van der Waals surface area contributed by atoms with E-state index < -0.39 is 11.8 Å². The molecule has 0 heterocycles. The zero-order valence-electron chi connectivity index (χ0n) is 19.8. The lowest BCUT2D eigenvalue weighted by Crippen LogP contribution is -2.21. The first-order chi connectivity index (χ1) is 15.7. The zero-order valence-corrected chi connectivity index (χ0v) is 21.4. The number of nitrogens with two attached hydrogens (primary N) is 2. The Hall–Kier alpha value is -3.12. The molecule has 0 saturated carbocycles. The van der Waals surface area contributed by atoms with Crippen molar-refractivity contribution in [2.75, 3.05) is 5.75 Å². The molecule has 0 radical (unpaired) electrons. The van der Waals surface area contributed by atoms with Crippen LogP contribution in [-0.2, 0) is 14.4 Å². The highest BCUT2D eigenvalue weighted by atomic mass is 32.2. The van der Waals surface area contributed by atoms with E-state index in [0.29, 0.717) is 5.56 Å². The van der Waals surface area contributed by atoms with Gasteiger partial charge in [0.1, 0.15) is 0 Å². The highest BCUT2D eigenvalue weighted by Crippen LogP contribution is 2.11. The summed E-state index contributed by atoms with van der Waals surface area (Å²) in [5.74, 6) is 0.539. The standard InChI is InChI=1S/C10H7NO2S.C9H9NO2S.2C3H8/c1-9(10(11)13)14-8-6-4-2-3-5-7-12;10-8(11)6-13-9(12)7-4-2-1-3-5-7;2*1-3-2/h8-9H,1H3,(H2,11,13);1-5H,6H2,(H2,10,11);2*3H2,1-2H3. The third-order valence-corrected chi connectivity index (χ3v) is 4.22. The van der Waals surface area contributed by atoms with Gasteiger partial charge >= 0.3 is 0 Å². The molecule has 0 saturated heterocycles. The van der Waals surface area contributed by atoms with Gasteiger partial charge in [-0.15, -0.1) is 11.8 Å². The molecular weight excluding hydrogens is 456 g/mol. The van der Waals surface area contributed by atoms with Crippen molar-refractivity contribution in [2.24, 2.45) is 11.5 Å². The van der Waals surface area contributed by atoms with Gasteiger partial charge in [-0.3, -0.25) is 14.4 Å². The minimum absolute atomic E-state index is 0.0354. The lowest BCUT2D eigenvalue weighted by molar-refractivity contribution is -0.117. The van der Waals surface area contributed by atoms with Gasteiger partial charge in [-0.2, -0.15) is 0 Å². The number of carbonyl (C=O) groups excluding carboxylic acids is 4. The average Bonchev–Trinajstić information content (AvgIpc) is 2.78. The van der Waals surface area contributed by atoms with E-state index in [0.717, 1.165) is 11.8 Å². The van der Waals surface area contributed by atoms with E-state index >= 15 is 0 Å². The normalized spacial score (nSPS) is 8.64. The van der Waals surface area contributed by atoms with E-state index in [2.05, 4.69) is 50.6 Å². The summed E-state index contributed by atoms with van der Waals surface area (Å²) in [6, 6.07) is 8.79. The Morgan fingerprint density at radius 2 is 1.45 bits per heavy atom. The highest BCUT2D eigenvalue weighted by molar-refractivity contribution is 8.14. The van der Waals surface area contributed by atoms with Gasteiger partial charge in [0.25, 0.3) is 0 Å². The van der Waals surface area contributed by atoms with Crippen molar-refractivity contribution < 1.29 is 19.2 Å². The lowest BCUT2D eigenvalue weighted by Gasteiger charge is -1.98. The smallest absolute Gasteiger partial charge is 0.230 e. The number of carbonyl (C=O) groups is 3. The highest BCUT2D eigenvalue weighted by Gasteiger charge is 2.06. The molecule has 0 aliphatic heterocycles. The summed E-state index contributed by atoms with van der Waals surface area (Å²) < 4.78 is 0. The van der Waals surface area contributed by atoms with Crippen molar-refractivity contribution in [3.8, 4) is 0 Å². The Labute approximate surface area is 205 Å². The summed E-state index contributed by atoms with van der Waals surface area (Å²) >= 11 is 2.13. The van der Waals surface area contributed by atoms with Crippen LogP contribution in [0.1, 0.15) is 57.8 Å². The maximum absolute atomic E-state index is 11.3. The molecule has 8 heteroatoms. The van der Waals surface area contributed by atoms with Gasteiger partial charge in [-0.05, 0) is 18.4 Å². The summed E-state index contributed by atoms with van der Waals surface area (Å²) in [6.45, 7) is 10.2. The van der Waals surface area contributed by atoms with Crippen LogP contribution in [0.5, 0.6) is 0 Å². The van der Waals surface area contributed by atoms with Crippen LogP contribution in [0, 0.1) is 0 Å². The van der Waals surface area contributed by atoms with E-state index in [9.17, 15) is 19.2 Å². The maximum atomic E-state index is 11.3. The maximum Gasteiger partial charge on any atom is 0.230 e. The third kappa shape index (κ3) is 28.9. The predicted octanol–water partition coefficient (Wildman–Crippen LogP) is 4.59. The summed E-state index contributed by atoms with van der Waals surface area (Å²) in [5, 5.41) is 1.09. The molecule has 1 atom stereocenters. The molecule has 1 aromatic carbocycles. The minimum atomic E-state index is -0.478. The molecule has 1 unspecified atom stereocenters. The number of rotatable bonds is 6. The molecule has 0 fully saturated rings. The van der Waals surface area contributed by atoms with Crippen LogP contribution in [0.15, 0.2) is 64.4 Å². The number of benzene rings is 1. The Balaban J connectivity index is -0.000000440. The number of amides is 2. The molecule has 2 amide bonds. The molecule has 4 N–H and O–H groups in total. The Bertz CT molecular complexity index is 922. The molecule has 0 aliphatic rings. The summed E-state index contributed by atoms with van der Waals surface area (Å²) in [6.07, 6.45) is 2.50. The lowest BCUT2D eigenvalue weighted by atomic mass is 10.2. The molecule has 178 valence electrons. The van der Waals surface area contributed by atoms with Gasteiger partial charge in [0.05, 0.1) is 11.0 Å². The molecule has 0 spiro atoms. The Morgan fingerprint density at radius 3 is 1.91 bits per heavy atom. The van der Waals surface area contributed by atoms with E-state index in [1.54, 1.807) is 31.2 Å². The summed E-state index contributed by atoms with van der Waals surface area (Å²) in [7, 11) is 0. The number of hydrogen-bond acceptors (Lipinski definition) is 6. The molecule has 1 aromatic rings. The first-order valence-electron chi connectivity index (χ1n) is 10.1. The monoisotopic (exact) mass is 488 g/mol. The second-order valence-electron chi connectivity index (χ2n) is 5.87. The molecule has 0 aliphatic carbocycles. The van der Waals surface area contributed by atoms with E-state index in [4.69, 9.17) is 11.5 Å². The van der Waals surface area contributed by atoms with Crippen LogP contribution in [0.3, 0.4) is 0 Å². The topological polar surface area (TPSA) is 120 Å². The number of thioether (sulfide) groups is 2. The van der Waals surface area contributed by atoms with Crippen LogP contribution >= 0.6 is 23.5 Å². The Morgan fingerprint density at radius 1 is 0.939 bits per heavy atom. The average molecular weight is 489 g/mol. The van der Waals surface area contributed by atoms with Gasteiger partial charge in [0.15, 0.2) is 5.94 Å². The van der Waals surface area contributed by atoms with Crippen LogP contribution in [0.4, 0.5) is 0 Å². The SMILES string of the molecule is CC(SC=C=C=C=C=C=C=O)C(N)=O.CCC.CCC.NC(=O)CSC(=O)c1ccccc1. The van der Waals surface area contributed by atoms with Crippen molar-refractivity contribution in [1.29, 1.82) is 0 Å². The van der Waals surface area contributed by atoms with Crippen LogP contribution in [0.25, 0.3) is 0 Å². The predicted molar refractivity (Wildman–Crippen MR) is 138 cm³/mol. The molecule has 0 aromatic heterocycles. The Kier molecular flexibility index (Phi) is 28.1. The van der Waals surface area contributed by atoms with Crippen molar-refractivity contribution in [1.82, 2.24) is 0 Å². The largest absolute Gasteiger partial charge is 0.369 e. The fourth-order valence-corrected chi connectivity index (χ4v) is 2.19. The van der Waals surface area contributed by atoms with Crippen molar-refractivity contribution in [3.63, 3.8) is 0 Å². The van der Waals surface area contributed by atoms with E-state index in [1.165, 1.54) is 36.0 Å². The molecular formula is C25H32N2O4S2. The molecule has 33 heavy (non-hydrogen) atoms. The van der Waals surface area contributed by atoms with Crippen LogP contribution in [0.2, 0.25) is 0 Å². The quantitative estimate of drug-likeness (QED) is 0.446. The molecule has 6 nitrogen and oxygen atoms in total. The first-order valence-corrected chi connectivity index (χ1v) is 12.0. The van der Waals surface area contributed by atoms with E-state index in [1.807, 2.05) is 11.8 Å². The van der Waals surface area contributed by atoms with Crippen LogP contribution < -0.4 is 11.5 Å². The van der Waals surface area contributed by atoms with Gasteiger partial charge < -0.3 is 11.5 Å². The second-order valence-corrected chi connectivity index (χ2v) is 8.03. The zero-order chi connectivity index (χ0) is 25.9. The van der Waals surface area contributed by atoms with Gasteiger partial charge in [0.2, 0.25) is 16.9 Å². The second kappa shape index (κ2) is 26.9. The fourth-order valence-electron chi connectivity index (χ4n) is 1.15. The van der Waals surface area contributed by atoms with Crippen molar-refractivity contribution in [2.45, 2.75) is 52.7 Å². The fraction of sp³-hybridized carbons (Fsp3) is 0.360. The van der Waals surface area contributed by atoms with Crippen LogP contribution in [-0.4, -0.2) is 33.9 Å². The number of hydrogen-bond donors (Lipinski definition) is 2. The van der Waals surface area contributed by atoms with Crippen molar-refractivity contribution in [3.05, 3.63) is 70.0 Å². The molecule has 1 rings (SSSR count). The first kappa shape index (κ1) is 34.5. The van der Waals surface area contributed by atoms with Gasteiger partial charge in [-0.25, -0.2) is 4.79 Å². The third-order valence-electron chi connectivity index (χ3n) is 2.40. The van der Waals surface area contributed by atoms with Gasteiger partial charge in [0, 0.05) is 22.4 Å². The molecule has 0 bridgehead atoms. The number of primary amides is 2. The van der Waals surface area contributed by atoms with Gasteiger partial charge in [-0.1, -0.05) is 88.4 Å². The summed E-state index contributed by atoms with van der Waals surface area (Å²) in [4.78, 5) is 41.9. The minimum Gasteiger partial charge on any atom is -0.369 e.